The molecule has 0 saturated heterocycles. The predicted molar refractivity (Wildman–Crippen MR) is 146 cm³/mol. The molecule has 0 amide bonds. The van der Waals surface area contributed by atoms with Crippen molar-refractivity contribution in [3.63, 3.8) is 0 Å². The van der Waals surface area contributed by atoms with Crippen LogP contribution in [0, 0.1) is 20.8 Å². The third-order valence-electron chi connectivity index (χ3n) is 6.46. The van der Waals surface area contributed by atoms with Gasteiger partial charge in [-0.25, -0.2) is 0 Å². The zero-order chi connectivity index (χ0) is 23.3. The van der Waals surface area contributed by atoms with Gasteiger partial charge in [0.2, 0.25) is 0 Å². The third kappa shape index (κ3) is 5.44. The molecule has 3 aromatic carbocycles. The predicted octanol–water partition coefficient (Wildman–Crippen LogP) is 7.58. The molecule has 0 aromatic heterocycles. The lowest BCUT2D eigenvalue weighted by Crippen LogP contribution is -2.29. The molecule has 0 fully saturated rings. The van der Waals surface area contributed by atoms with Crippen molar-refractivity contribution in [2.75, 3.05) is 13.3 Å². The number of hydrogen-bond donors (Lipinski definition) is 0. The molecule has 0 aliphatic heterocycles. The normalized spacial score (nSPS) is 12.1. The van der Waals surface area contributed by atoms with Crippen LogP contribution in [0.3, 0.4) is 0 Å². The van der Waals surface area contributed by atoms with Crippen molar-refractivity contribution in [2.45, 2.75) is 59.2 Å². The van der Waals surface area contributed by atoms with E-state index < -0.39 is 0 Å². The van der Waals surface area contributed by atoms with E-state index in [4.69, 9.17) is 4.74 Å². The van der Waals surface area contributed by atoms with Gasteiger partial charge in [-0.2, -0.15) is 0 Å². The van der Waals surface area contributed by atoms with Crippen molar-refractivity contribution in [1.29, 1.82) is 0 Å². The second-order valence-electron chi connectivity index (χ2n) is 9.01. The van der Waals surface area contributed by atoms with Crippen LogP contribution in [0.2, 0.25) is 0 Å². The lowest BCUT2D eigenvalue weighted by atomic mass is 9.89. The molecule has 32 heavy (non-hydrogen) atoms. The van der Waals surface area contributed by atoms with Crippen molar-refractivity contribution in [2.24, 2.45) is 0 Å². The molecule has 0 saturated carbocycles. The average Bonchev–Trinajstić information content (AvgIpc) is 2.78. The monoisotopic (exact) mass is 464 g/mol. The molecule has 1 atom stereocenters. The van der Waals surface area contributed by atoms with Crippen LogP contribution < -0.4 is 15.3 Å². The maximum absolute atomic E-state index is 6.57. The van der Waals surface area contributed by atoms with Gasteiger partial charge in [-0.1, -0.05) is 96.6 Å². The van der Waals surface area contributed by atoms with Crippen molar-refractivity contribution >= 4 is 27.1 Å². The van der Waals surface area contributed by atoms with Crippen LogP contribution in [0.5, 0.6) is 5.75 Å². The second-order valence-corrected chi connectivity index (χ2v) is 13.0. The van der Waals surface area contributed by atoms with E-state index >= 15 is 0 Å². The summed E-state index contributed by atoms with van der Waals surface area (Å²) in [5.74, 6) is 1.08. The first-order valence-electron chi connectivity index (χ1n) is 11.6. The van der Waals surface area contributed by atoms with Gasteiger partial charge in [-0.3, -0.25) is 0 Å². The second kappa shape index (κ2) is 11.0. The van der Waals surface area contributed by atoms with E-state index in [-0.39, 0.29) is 13.1 Å². The summed E-state index contributed by atoms with van der Waals surface area (Å²) in [7, 11) is 0.584. The summed E-state index contributed by atoms with van der Waals surface area (Å²) in [6.07, 6.45) is 2.21. The van der Waals surface area contributed by atoms with Gasteiger partial charge < -0.3 is 4.74 Å². The molecule has 3 rings (SSSR count). The Labute approximate surface area is 198 Å². The van der Waals surface area contributed by atoms with Crippen LogP contribution in [0.25, 0.3) is 0 Å². The van der Waals surface area contributed by atoms with Crippen molar-refractivity contribution < 1.29 is 4.74 Å². The van der Waals surface area contributed by atoms with Gasteiger partial charge in [0.1, 0.15) is 12.4 Å². The minimum atomic E-state index is -0.146. The zero-order valence-electron chi connectivity index (χ0n) is 20.8. The van der Waals surface area contributed by atoms with Gasteiger partial charge in [0.05, 0.1) is 0 Å². The van der Waals surface area contributed by atoms with Gasteiger partial charge in [0.15, 0.2) is 0 Å². The lowest BCUT2D eigenvalue weighted by molar-refractivity contribution is 0.296. The van der Waals surface area contributed by atoms with Gasteiger partial charge in [-0.15, -0.1) is 0 Å². The Morgan fingerprint density at radius 2 is 1.53 bits per heavy atom. The summed E-state index contributed by atoms with van der Waals surface area (Å²) in [6, 6.07) is 22.0. The van der Waals surface area contributed by atoms with Crippen LogP contribution in [-0.4, -0.2) is 13.3 Å². The Morgan fingerprint density at radius 1 is 0.844 bits per heavy atom. The summed E-state index contributed by atoms with van der Waals surface area (Å²) in [5, 5.41) is 3.20. The van der Waals surface area contributed by atoms with Crippen molar-refractivity contribution in [3.05, 3.63) is 88.5 Å². The fourth-order valence-electron chi connectivity index (χ4n) is 4.53. The van der Waals surface area contributed by atoms with Crippen LogP contribution in [0.4, 0.5) is 0 Å². The zero-order valence-corrected chi connectivity index (χ0v) is 22.6. The van der Waals surface area contributed by atoms with Gasteiger partial charge in [-0.05, 0) is 74.2 Å². The summed E-state index contributed by atoms with van der Waals surface area (Å²) >= 11 is 0. The SMILES string of the molecule is CCC(CC)(Pc1c(C)cccc1P(C)C)c1cc(C)cc(C)c1OCc1ccccc1. The van der Waals surface area contributed by atoms with E-state index in [2.05, 4.69) is 109 Å². The molecule has 0 aliphatic carbocycles. The van der Waals surface area contributed by atoms with Crippen LogP contribution in [-0.2, 0) is 11.8 Å². The van der Waals surface area contributed by atoms with E-state index in [9.17, 15) is 0 Å². The van der Waals surface area contributed by atoms with Crippen molar-refractivity contribution in [1.82, 2.24) is 0 Å². The first-order chi connectivity index (χ1) is 15.3. The molecular weight excluding hydrogens is 426 g/mol. The number of aryl methyl sites for hydroxylation is 3. The number of benzene rings is 3. The van der Waals surface area contributed by atoms with Crippen LogP contribution in [0.1, 0.15) is 54.5 Å². The molecule has 170 valence electrons. The maximum Gasteiger partial charge on any atom is 0.126 e. The Morgan fingerprint density at radius 3 is 2.16 bits per heavy atom. The molecule has 3 aromatic rings. The van der Waals surface area contributed by atoms with Crippen LogP contribution in [0.15, 0.2) is 60.7 Å². The van der Waals surface area contributed by atoms with E-state index in [0.717, 1.165) is 27.2 Å². The highest BCUT2D eigenvalue weighted by molar-refractivity contribution is 7.66. The first-order valence-corrected chi connectivity index (χ1v) is 14.9. The molecule has 0 bridgehead atoms. The quantitative estimate of drug-likeness (QED) is 0.297. The number of ether oxygens (including phenoxy) is 1. The Hall–Kier alpha value is -1.68. The highest BCUT2D eigenvalue weighted by atomic mass is 31.1. The fraction of sp³-hybridized carbons (Fsp3) is 0.379. The Bertz CT molecular complexity index is 1040. The van der Waals surface area contributed by atoms with Crippen molar-refractivity contribution in [3.8, 4) is 5.75 Å². The molecule has 1 nitrogen and oxygen atoms in total. The topological polar surface area (TPSA) is 9.23 Å². The number of hydrogen-bond acceptors (Lipinski definition) is 1. The highest BCUT2D eigenvalue weighted by Gasteiger charge is 2.34. The molecule has 3 heteroatoms. The fourth-order valence-corrected chi connectivity index (χ4v) is 8.02. The first kappa shape index (κ1) is 25.0. The molecular formula is C29H38OP2. The Balaban J connectivity index is 2.10. The highest BCUT2D eigenvalue weighted by Crippen LogP contribution is 2.51. The molecule has 1 unspecified atom stereocenters. The average molecular weight is 465 g/mol. The van der Waals surface area contributed by atoms with Gasteiger partial charge >= 0.3 is 0 Å². The van der Waals surface area contributed by atoms with E-state index in [1.54, 1.807) is 10.6 Å². The molecule has 0 heterocycles. The molecule has 0 spiro atoms. The summed E-state index contributed by atoms with van der Waals surface area (Å²) < 4.78 is 6.57. The minimum Gasteiger partial charge on any atom is -0.488 e. The third-order valence-corrected chi connectivity index (χ3v) is 10.4. The van der Waals surface area contributed by atoms with Gasteiger partial charge in [0, 0.05) is 10.7 Å². The van der Waals surface area contributed by atoms with Crippen LogP contribution >= 0.6 is 16.5 Å². The van der Waals surface area contributed by atoms with E-state index in [0.29, 0.717) is 6.61 Å². The Kier molecular flexibility index (Phi) is 8.55. The summed E-state index contributed by atoms with van der Waals surface area (Å²) in [4.78, 5) is 0. The maximum atomic E-state index is 6.57. The number of rotatable bonds is 9. The molecule has 0 aliphatic rings. The summed E-state index contributed by atoms with van der Waals surface area (Å²) in [6.45, 7) is 16.8. The largest absolute Gasteiger partial charge is 0.488 e. The van der Waals surface area contributed by atoms with E-state index in [1.807, 2.05) is 0 Å². The standard InChI is InChI=1S/C29H38OP2/c1-8-29(9-2,31-28-22(4)14-13-17-26(28)32(6)7)25-19-21(3)18-23(5)27(25)30-20-24-15-11-10-12-16-24/h10-19,31H,8-9,20H2,1-7H3. The minimum absolute atomic E-state index is 0.0784. The smallest absolute Gasteiger partial charge is 0.126 e. The van der Waals surface area contributed by atoms with Gasteiger partial charge in [0.25, 0.3) is 0 Å². The lowest BCUT2D eigenvalue weighted by Gasteiger charge is -2.36. The van der Waals surface area contributed by atoms with E-state index in [1.165, 1.54) is 27.8 Å². The molecule has 0 radical (unpaired) electrons. The molecule has 0 N–H and O–H groups in total. The summed E-state index contributed by atoms with van der Waals surface area (Å²) in [5.41, 5.74) is 6.59.